The van der Waals surface area contributed by atoms with Crippen molar-refractivity contribution in [3.05, 3.63) is 34.7 Å². The maximum Gasteiger partial charge on any atom is 0.0737 e. The Kier molecular flexibility index (Phi) is 4.84. The molecule has 0 saturated heterocycles. The molecular formula is C17H25NOS. The summed E-state index contributed by atoms with van der Waals surface area (Å²) in [6, 6.07) is 8.60. The molecular weight excluding hydrogens is 266 g/mol. The molecule has 0 aliphatic rings. The summed E-state index contributed by atoms with van der Waals surface area (Å²) in [4.78, 5) is 1.39. The second-order valence-electron chi connectivity index (χ2n) is 6.46. The van der Waals surface area contributed by atoms with Crippen molar-refractivity contribution in [3.63, 3.8) is 0 Å². The summed E-state index contributed by atoms with van der Waals surface area (Å²) in [6.45, 7) is 12.4. The maximum absolute atomic E-state index is 5.85. The first-order chi connectivity index (χ1) is 9.37. The molecule has 0 bridgehead atoms. The zero-order valence-corrected chi connectivity index (χ0v) is 13.9. The third kappa shape index (κ3) is 4.05. The van der Waals surface area contributed by atoms with E-state index >= 15 is 0 Å². The lowest BCUT2D eigenvalue weighted by Crippen LogP contribution is -2.35. The molecule has 0 unspecified atom stereocenters. The van der Waals surface area contributed by atoms with Gasteiger partial charge >= 0.3 is 0 Å². The van der Waals surface area contributed by atoms with Crippen molar-refractivity contribution in [2.75, 3.05) is 0 Å². The van der Waals surface area contributed by atoms with E-state index in [0.29, 0.717) is 6.61 Å². The van der Waals surface area contributed by atoms with Gasteiger partial charge in [0.1, 0.15) is 0 Å². The van der Waals surface area contributed by atoms with Crippen molar-refractivity contribution < 1.29 is 4.74 Å². The predicted molar refractivity (Wildman–Crippen MR) is 88.3 cm³/mol. The summed E-state index contributed by atoms with van der Waals surface area (Å²) in [6.07, 6.45) is 0.261. The predicted octanol–water partition coefficient (Wildman–Crippen LogP) is 4.71. The number of thiophene rings is 1. The number of ether oxygens (including phenoxy) is 1. The van der Waals surface area contributed by atoms with E-state index in [1.54, 1.807) is 0 Å². The molecule has 1 N–H and O–H groups in total. The third-order valence-electron chi connectivity index (χ3n) is 3.12. The molecule has 1 aromatic heterocycles. The van der Waals surface area contributed by atoms with Gasteiger partial charge in [-0.1, -0.05) is 18.2 Å². The monoisotopic (exact) mass is 291 g/mol. The summed E-state index contributed by atoms with van der Waals surface area (Å²) < 4.78 is 7.19. The van der Waals surface area contributed by atoms with E-state index in [-0.39, 0.29) is 11.6 Å². The van der Waals surface area contributed by atoms with Gasteiger partial charge in [-0.15, -0.1) is 11.3 Å². The van der Waals surface area contributed by atoms with Crippen molar-refractivity contribution in [1.29, 1.82) is 0 Å². The molecule has 0 amide bonds. The molecule has 0 spiro atoms. The highest BCUT2D eigenvalue weighted by Crippen LogP contribution is 2.32. The van der Waals surface area contributed by atoms with E-state index < -0.39 is 0 Å². The van der Waals surface area contributed by atoms with Crippen LogP contribution in [0.5, 0.6) is 0 Å². The van der Waals surface area contributed by atoms with Gasteiger partial charge in [-0.2, -0.15) is 0 Å². The Bertz CT molecular complexity index is 566. The first-order valence-corrected chi connectivity index (χ1v) is 8.04. The van der Waals surface area contributed by atoms with Gasteiger partial charge in [-0.05, 0) is 46.1 Å². The van der Waals surface area contributed by atoms with Gasteiger partial charge in [0.2, 0.25) is 0 Å². The van der Waals surface area contributed by atoms with Crippen LogP contribution in [0.2, 0.25) is 0 Å². The molecule has 20 heavy (non-hydrogen) atoms. The molecule has 1 heterocycles. The molecule has 2 nitrogen and oxygen atoms in total. The maximum atomic E-state index is 5.85. The fourth-order valence-corrected chi connectivity index (χ4v) is 3.20. The fraction of sp³-hybridized carbons (Fsp3) is 0.529. The Morgan fingerprint density at radius 1 is 1.20 bits per heavy atom. The minimum absolute atomic E-state index is 0.131. The summed E-state index contributed by atoms with van der Waals surface area (Å²) in [5.41, 5.74) is 1.47. The lowest BCUT2D eigenvalue weighted by atomic mass is 10.1. The molecule has 0 aliphatic carbocycles. The fourth-order valence-electron chi connectivity index (χ4n) is 2.05. The zero-order chi connectivity index (χ0) is 14.8. The van der Waals surface area contributed by atoms with E-state index in [9.17, 15) is 0 Å². The van der Waals surface area contributed by atoms with Gasteiger partial charge in [-0.25, -0.2) is 0 Å². The molecule has 0 saturated carbocycles. The van der Waals surface area contributed by atoms with Crippen molar-refractivity contribution in [3.8, 4) is 0 Å². The van der Waals surface area contributed by atoms with Crippen LogP contribution in [0.1, 0.15) is 45.1 Å². The van der Waals surface area contributed by atoms with E-state index in [1.165, 1.54) is 20.5 Å². The first kappa shape index (κ1) is 15.5. The van der Waals surface area contributed by atoms with E-state index in [2.05, 4.69) is 64.2 Å². The Balaban J connectivity index is 2.28. The second kappa shape index (κ2) is 6.25. The van der Waals surface area contributed by atoms with Crippen LogP contribution in [-0.2, 0) is 17.9 Å². The Morgan fingerprint density at radius 2 is 1.90 bits per heavy atom. The summed E-state index contributed by atoms with van der Waals surface area (Å²) in [5, 5.41) is 4.92. The van der Waals surface area contributed by atoms with Gasteiger partial charge in [0.05, 0.1) is 12.7 Å². The highest BCUT2D eigenvalue weighted by Gasteiger charge is 2.15. The molecule has 1 aromatic carbocycles. The van der Waals surface area contributed by atoms with Crippen LogP contribution in [0.3, 0.4) is 0 Å². The van der Waals surface area contributed by atoms with Crippen LogP contribution in [0.4, 0.5) is 0 Å². The quantitative estimate of drug-likeness (QED) is 0.861. The van der Waals surface area contributed by atoms with Crippen molar-refractivity contribution in [2.24, 2.45) is 0 Å². The highest BCUT2D eigenvalue weighted by atomic mass is 32.1. The zero-order valence-electron chi connectivity index (χ0n) is 13.1. The Morgan fingerprint density at radius 3 is 2.55 bits per heavy atom. The summed E-state index contributed by atoms with van der Waals surface area (Å²) in [7, 11) is 0. The smallest absolute Gasteiger partial charge is 0.0737 e. The molecule has 2 rings (SSSR count). The number of nitrogens with one attached hydrogen (secondary N) is 1. The summed E-state index contributed by atoms with van der Waals surface area (Å²) >= 11 is 1.87. The van der Waals surface area contributed by atoms with E-state index in [1.807, 2.05) is 11.3 Å². The average molecular weight is 291 g/mol. The number of rotatable bonds is 5. The average Bonchev–Trinajstić information content (AvgIpc) is 2.71. The lowest BCUT2D eigenvalue weighted by Gasteiger charge is -2.20. The molecule has 0 aliphatic heterocycles. The molecule has 3 heteroatoms. The Labute approximate surface area is 126 Å². The van der Waals surface area contributed by atoms with Crippen LogP contribution in [-0.4, -0.2) is 11.6 Å². The number of fused-ring (bicyclic) bond motifs is 1. The third-order valence-corrected chi connectivity index (χ3v) is 4.34. The van der Waals surface area contributed by atoms with Gasteiger partial charge < -0.3 is 10.1 Å². The molecule has 2 aromatic rings. The van der Waals surface area contributed by atoms with Gasteiger partial charge in [0.15, 0.2) is 0 Å². The lowest BCUT2D eigenvalue weighted by molar-refractivity contribution is 0.0661. The number of hydrogen-bond donors (Lipinski definition) is 1. The van der Waals surface area contributed by atoms with Crippen LogP contribution >= 0.6 is 11.3 Å². The topological polar surface area (TPSA) is 21.3 Å². The highest BCUT2D eigenvalue weighted by molar-refractivity contribution is 7.19. The largest absolute Gasteiger partial charge is 0.374 e. The van der Waals surface area contributed by atoms with E-state index in [0.717, 1.165) is 6.54 Å². The minimum atomic E-state index is 0.131. The molecule has 0 fully saturated rings. The van der Waals surface area contributed by atoms with Crippen LogP contribution in [0.25, 0.3) is 10.1 Å². The van der Waals surface area contributed by atoms with Crippen molar-refractivity contribution in [1.82, 2.24) is 5.32 Å². The molecule has 0 atom stereocenters. The molecule has 110 valence electrons. The van der Waals surface area contributed by atoms with Gasteiger partial charge in [0, 0.05) is 27.2 Å². The minimum Gasteiger partial charge on any atom is -0.374 e. The first-order valence-electron chi connectivity index (χ1n) is 7.23. The van der Waals surface area contributed by atoms with Gasteiger partial charge in [0.25, 0.3) is 0 Å². The van der Waals surface area contributed by atoms with Crippen LogP contribution in [0.15, 0.2) is 24.3 Å². The van der Waals surface area contributed by atoms with Gasteiger partial charge in [-0.3, -0.25) is 0 Å². The van der Waals surface area contributed by atoms with Crippen molar-refractivity contribution >= 4 is 21.4 Å². The molecule has 0 radical (unpaired) electrons. The number of hydrogen-bond acceptors (Lipinski definition) is 3. The van der Waals surface area contributed by atoms with E-state index in [4.69, 9.17) is 4.74 Å². The normalized spacial score (nSPS) is 12.5. The van der Waals surface area contributed by atoms with Crippen molar-refractivity contribution in [2.45, 2.75) is 59.4 Å². The number of benzene rings is 1. The second-order valence-corrected chi connectivity index (χ2v) is 7.60. The summed E-state index contributed by atoms with van der Waals surface area (Å²) in [5.74, 6) is 0. The van der Waals surface area contributed by atoms with Crippen LogP contribution < -0.4 is 5.32 Å². The van der Waals surface area contributed by atoms with Crippen LogP contribution in [0, 0.1) is 0 Å². The SMILES string of the molecule is CC(C)OCc1c(CNC(C)(C)C)sc2ccccc12. The standard InChI is InChI=1S/C17H25NOS/c1-12(2)19-11-14-13-8-6-7-9-15(13)20-16(14)10-18-17(3,4)5/h6-9,12,18H,10-11H2,1-5H3. The Hall–Kier alpha value is -0.900.